The average Bonchev–Trinajstić information content (AvgIpc) is 3.19. The Balaban J connectivity index is 1.48. The van der Waals surface area contributed by atoms with Crippen LogP contribution in [0.4, 0.5) is 18.9 Å². The van der Waals surface area contributed by atoms with Gasteiger partial charge in [0.15, 0.2) is 11.5 Å². The van der Waals surface area contributed by atoms with Crippen molar-refractivity contribution in [3.05, 3.63) is 53.1 Å². The third-order valence-electron chi connectivity index (χ3n) is 5.32. The molecule has 3 rings (SSSR count). The van der Waals surface area contributed by atoms with Crippen molar-refractivity contribution in [2.45, 2.75) is 25.2 Å². The maximum atomic E-state index is 12.9. The number of amides is 2. The van der Waals surface area contributed by atoms with Crippen LogP contribution in [0.5, 0.6) is 11.5 Å². The highest BCUT2D eigenvalue weighted by Gasteiger charge is 2.31. The highest BCUT2D eigenvalue weighted by Crippen LogP contribution is 2.31. The van der Waals surface area contributed by atoms with Crippen LogP contribution in [0.15, 0.2) is 36.4 Å². The number of carbonyl (C=O) groups is 2. The summed E-state index contributed by atoms with van der Waals surface area (Å²) in [6.07, 6.45) is -3.91. The van der Waals surface area contributed by atoms with Crippen molar-refractivity contribution in [3.63, 3.8) is 0 Å². The second-order valence-corrected chi connectivity index (χ2v) is 7.78. The number of phenolic OH excluding ortho intramolecular Hbond substituents is 1. The molecule has 2 aromatic rings. The van der Waals surface area contributed by atoms with E-state index in [-0.39, 0.29) is 29.6 Å². The molecule has 0 spiro atoms. The zero-order valence-corrected chi connectivity index (χ0v) is 17.9. The fourth-order valence-electron chi connectivity index (χ4n) is 3.64. The van der Waals surface area contributed by atoms with Gasteiger partial charge in [-0.2, -0.15) is 13.2 Å². The molecule has 1 fully saturated rings. The van der Waals surface area contributed by atoms with E-state index >= 15 is 0 Å². The van der Waals surface area contributed by atoms with Gasteiger partial charge in [0, 0.05) is 31.4 Å². The van der Waals surface area contributed by atoms with Crippen LogP contribution in [0, 0.1) is 0 Å². The number of nitrogens with two attached hydrogens (primary N) is 1. The van der Waals surface area contributed by atoms with Crippen LogP contribution < -0.4 is 21.1 Å². The van der Waals surface area contributed by atoms with E-state index in [0.717, 1.165) is 24.2 Å². The summed E-state index contributed by atoms with van der Waals surface area (Å²) in [7, 11) is 1.47. The van der Waals surface area contributed by atoms with Gasteiger partial charge in [-0.05, 0) is 42.3 Å². The summed E-state index contributed by atoms with van der Waals surface area (Å²) in [4.78, 5) is 26.6. The van der Waals surface area contributed by atoms with E-state index in [1.807, 2.05) is 0 Å². The molecule has 0 aromatic heterocycles. The molecule has 0 bridgehead atoms. The number of likely N-dealkylation sites (tertiary alicyclic amines) is 1. The van der Waals surface area contributed by atoms with E-state index in [1.54, 1.807) is 18.2 Å². The van der Waals surface area contributed by atoms with Crippen molar-refractivity contribution in [2.24, 2.45) is 0 Å². The number of aromatic hydroxyl groups is 1. The first-order chi connectivity index (χ1) is 15.6. The van der Waals surface area contributed by atoms with Crippen LogP contribution in [0.25, 0.3) is 0 Å². The molecule has 0 radical (unpaired) electrons. The van der Waals surface area contributed by atoms with Gasteiger partial charge in [0.2, 0.25) is 5.91 Å². The number of benzene rings is 2. The highest BCUT2D eigenvalue weighted by molar-refractivity contribution is 6.00. The molecule has 0 saturated carbocycles. The molecule has 0 unspecified atom stereocenters. The number of nitrogen functional groups attached to an aromatic ring is 1. The Morgan fingerprint density at radius 3 is 2.70 bits per heavy atom. The highest BCUT2D eigenvalue weighted by atomic mass is 19.4. The summed E-state index contributed by atoms with van der Waals surface area (Å²) < 4.78 is 43.7. The Kier molecular flexibility index (Phi) is 7.32. The van der Waals surface area contributed by atoms with E-state index in [9.17, 15) is 27.9 Å². The maximum absolute atomic E-state index is 12.9. The van der Waals surface area contributed by atoms with Gasteiger partial charge in [0.1, 0.15) is 0 Å². The van der Waals surface area contributed by atoms with Crippen LogP contribution in [-0.2, 0) is 17.5 Å². The number of ether oxygens (including phenoxy) is 1. The third kappa shape index (κ3) is 6.28. The molecule has 1 aliphatic heterocycles. The predicted octanol–water partition coefficient (Wildman–Crippen LogP) is 2.12. The number of rotatable bonds is 7. The number of phenols is 1. The molecule has 11 heteroatoms. The first-order valence-electron chi connectivity index (χ1n) is 10.2. The van der Waals surface area contributed by atoms with Crippen molar-refractivity contribution in [3.8, 4) is 11.5 Å². The van der Waals surface area contributed by atoms with E-state index < -0.39 is 23.6 Å². The quantitative estimate of drug-likeness (QED) is 0.465. The van der Waals surface area contributed by atoms with E-state index in [2.05, 4.69) is 15.5 Å². The smallest absolute Gasteiger partial charge is 0.416 e. The zero-order chi connectivity index (χ0) is 24.2. The Hall–Kier alpha value is -3.47. The van der Waals surface area contributed by atoms with Crippen LogP contribution in [0.2, 0.25) is 0 Å². The van der Waals surface area contributed by atoms with Gasteiger partial charge < -0.3 is 26.2 Å². The van der Waals surface area contributed by atoms with Crippen LogP contribution in [0.3, 0.4) is 0 Å². The van der Waals surface area contributed by atoms with Crippen LogP contribution >= 0.6 is 0 Å². The van der Waals surface area contributed by atoms with Gasteiger partial charge in [0.05, 0.1) is 24.8 Å². The molecule has 1 atom stereocenters. The van der Waals surface area contributed by atoms with E-state index in [1.165, 1.54) is 7.11 Å². The summed E-state index contributed by atoms with van der Waals surface area (Å²) in [5.41, 5.74) is 5.12. The molecule has 2 aromatic carbocycles. The van der Waals surface area contributed by atoms with Gasteiger partial charge in [0.25, 0.3) is 5.91 Å². The lowest BCUT2D eigenvalue weighted by Crippen LogP contribution is -2.43. The fraction of sp³-hybridized carbons (Fsp3) is 0.364. The van der Waals surface area contributed by atoms with E-state index in [0.29, 0.717) is 31.3 Å². The summed E-state index contributed by atoms with van der Waals surface area (Å²) in [6.45, 7) is 1.54. The zero-order valence-electron chi connectivity index (χ0n) is 17.9. The average molecular weight is 466 g/mol. The minimum absolute atomic E-state index is 0.0572. The first kappa shape index (κ1) is 24.2. The fourth-order valence-corrected chi connectivity index (χ4v) is 3.64. The molecule has 0 aliphatic carbocycles. The molecular formula is C22H25F3N4O4. The van der Waals surface area contributed by atoms with Gasteiger partial charge in [-0.25, -0.2) is 0 Å². The summed E-state index contributed by atoms with van der Waals surface area (Å²) in [5, 5.41) is 14.8. The van der Waals surface area contributed by atoms with Crippen molar-refractivity contribution in [2.75, 3.05) is 32.5 Å². The van der Waals surface area contributed by atoms with Crippen molar-refractivity contribution in [1.29, 1.82) is 0 Å². The number of anilines is 1. The largest absolute Gasteiger partial charge is 0.504 e. The number of nitrogens with one attached hydrogen (secondary N) is 2. The lowest BCUT2D eigenvalue weighted by molar-refractivity contribution is -0.137. The normalized spacial score (nSPS) is 16.4. The lowest BCUT2D eigenvalue weighted by atomic mass is 10.1. The molecule has 1 aliphatic rings. The van der Waals surface area contributed by atoms with Crippen molar-refractivity contribution < 1.29 is 32.6 Å². The first-order valence-corrected chi connectivity index (χ1v) is 10.2. The van der Waals surface area contributed by atoms with Gasteiger partial charge in [-0.3, -0.25) is 14.5 Å². The van der Waals surface area contributed by atoms with Gasteiger partial charge in [-0.15, -0.1) is 0 Å². The standard InChI is InChI=1S/C22H25F3N4O4/c1-33-19-8-13(2-5-18(19)30)11-29-7-6-15(12-29)28-20(31)10-27-21(32)16-9-14(22(23,24)25)3-4-17(16)26/h2-5,8-9,15,30H,6-7,10-12,26H2,1H3,(H,27,32)(H,28,31)/t15-/m1/s1. The Morgan fingerprint density at radius 1 is 1.24 bits per heavy atom. The van der Waals surface area contributed by atoms with Crippen molar-refractivity contribution >= 4 is 17.5 Å². The summed E-state index contributed by atoms with van der Waals surface area (Å²) in [6, 6.07) is 7.42. The number of hydrogen-bond acceptors (Lipinski definition) is 6. The number of halogens is 3. The molecule has 1 heterocycles. The molecule has 33 heavy (non-hydrogen) atoms. The summed E-state index contributed by atoms with van der Waals surface area (Å²) >= 11 is 0. The predicted molar refractivity (Wildman–Crippen MR) is 115 cm³/mol. The minimum atomic E-state index is -4.61. The lowest BCUT2D eigenvalue weighted by Gasteiger charge is -2.17. The second-order valence-electron chi connectivity index (χ2n) is 7.78. The SMILES string of the molecule is COc1cc(CN2CC[C@@H](NC(=O)CNC(=O)c3cc(C(F)(F)F)ccc3N)C2)ccc1O. The van der Waals surface area contributed by atoms with Crippen molar-refractivity contribution in [1.82, 2.24) is 15.5 Å². The van der Waals surface area contributed by atoms with Gasteiger partial charge >= 0.3 is 6.18 Å². The Morgan fingerprint density at radius 2 is 2.00 bits per heavy atom. The van der Waals surface area contributed by atoms with E-state index in [4.69, 9.17) is 10.5 Å². The van der Waals surface area contributed by atoms with Gasteiger partial charge in [-0.1, -0.05) is 6.07 Å². The third-order valence-corrected chi connectivity index (χ3v) is 5.32. The molecule has 1 saturated heterocycles. The summed E-state index contributed by atoms with van der Waals surface area (Å²) in [5.74, 6) is -0.870. The number of methoxy groups -OCH3 is 1. The number of hydrogen-bond donors (Lipinski definition) is 4. The minimum Gasteiger partial charge on any atom is -0.504 e. The molecular weight excluding hydrogens is 441 g/mol. The molecule has 2 amide bonds. The number of alkyl halides is 3. The molecule has 8 nitrogen and oxygen atoms in total. The maximum Gasteiger partial charge on any atom is 0.416 e. The number of nitrogens with zero attached hydrogens (tertiary/aromatic N) is 1. The topological polar surface area (TPSA) is 117 Å². The Labute approximate surface area is 188 Å². The Bertz CT molecular complexity index is 1030. The monoisotopic (exact) mass is 466 g/mol. The van der Waals surface area contributed by atoms with Crippen LogP contribution in [-0.4, -0.2) is 54.6 Å². The second kappa shape index (κ2) is 9.99. The number of carbonyl (C=O) groups excluding carboxylic acids is 2. The molecule has 178 valence electrons. The molecule has 5 N–H and O–H groups in total. The van der Waals surface area contributed by atoms with Crippen LogP contribution in [0.1, 0.15) is 27.9 Å².